The summed E-state index contributed by atoms with van der Waals surface area (Å²) in [4.78, 5) is 13.7. The van der Waals surface area contributed by atoms with Gasteiger partial charge in [0.15, 0.2) is 0 Å². The van der Waals surface area contributed by atoms with Gasteiger partial charge in [0.25, 0.3) is 15.3 Å². The molecule has 0 heterocycles. The first-order chi connectivity index (χ1) is 11.2. The van der Waals surface area contributed by atoms with Gasteiger partial charge in [-0.1, -0.05) is 23.2 Å². The van der Waals surface area contributed by atoms with Crippen molar-refractivity contribution in [2.75, 3.05) is 18.8 Å². The molecule has 0 atom stereocenters. The molecular weight excluding hydrogens is 391 g/mol. The molecule has 1 amide bonds. The summed E-state index contributed by atoms with van der Waals surface area (Å²) in [6.07, 6.45) is 0. The maximum atomic E-state index is 12.4. The second-order valence-corrected chi connectivity index (χ2v) is 8.49. The molecule has 0 aromatic heterocycles. The van der Waals surface area contributed by atoms with Gasteiger partial charge in [-0.05, 0) is 54.2 Å². The van der Waals surface area contributed by atoms with Crippen molar-refractivity contribution in [3.63, 3.8) is 0 Å². The number of rotatable bonds is 4. The van der Waals surface area contributed by atoms with Crippen LogP contribution in [0.4, 0.5) is 10.5 Å². The highest BCUT2D eigenvalue weighted by Gasteiger charge is 2.18. The van der Waals surface area contributed by atoms with E-state index < -0.39 is 10.0 Å². The van der Waals surface area contributed by atoms with Gasteiger partial charge in [-0.3, -0.25) is 9.52 Å². The molecule has 0 saturated heterocycles. The zero-order valence-corrected chi connectivity index (χ0v) is 15.9. The molecule has 1 N–H and O–H groups in total. The highest BCUT2D eigenvalue weighted by atomic mass is 35.5. The van der Waals surface area contributed by atoms with Gasteiger partial charge in [-0.2, -0.15) is 0 Å². The fourth-order valence-corrected chi connectivity index (χ4v) is 4.16. The smallest absolute Gasteiger partial charge is 0.285 e. The maximum absolute atomic E-state index is 12.4. The Morgan fingerprint density at radius 3 is 2.29 bits per heavy atom. The largest absolute Gasteiger partial charge is 0.339 e. The van der Waals surface area contributed by atoms with Gasteiger partial charge in [0, 0.05) is 29.7 Å². The van der Waals surface area contributed by atoms with Crippen LogP contribution in [0.2, 0.25) is 10.0 Å². The van der Waals surface area contributed by atoms with E-state index in [0.29, 0.717) is 10.6 Å². The molecule has 2 aromatic rings. The summed E-state index contributed by atoms with van der Waals surface area (Å²) in [7, 11) is -0.546. The van der Waals surface area contributed by atoms with Gasteiger partial charge in [-0.25, -0.2) is 8.42 Å². The predicted molar refractivity (Wildman–Crippen MR) is 98.7 cm³/mol. The van der Waals surface area contributed by atoms with Gasteiger partial charge in [0.2, 0.25) is 0 Å². The van der Waals surface area contributed by atoms with Crippen LogP contribution in [0.5, 0.6) is 0 Å². The molecule has 0 aliphatic rings. The highest BCUT2D eigenvalue weighted by molar-refractivity contribution is 8.13. The Kier molecular flexibility index (Phi) is 6.03. The third kappa shape index (κ3) is 4.80. The first kappa shape index (κ1) is 18.9. The normalized spacial score (nSPS) is 11.2. The SMILES string of the molecule is CN(C)C(=O)Sc1ccc(NS(=O)(=O)c2cc(Cl)ccc2Cl)cc1. The molecule has 2 rings (SSSR count). The van der Waals surface area contributed by atoms with Crippen LogP contribution >= 0.6 is 35.0 Å². The van der Waals surface area contributed by atoms with Crippen molar-refractivity contribution in [2.45, 2.75) is 9.79 Å². The zero-order chi connectivity index (χ0) is 17.9. The summed E-state index contributed by atoms with van der Waals surface area (Å²) in [6.45, 7) is 0. The minimum Gasteiger partial charge on any atom is -0.339 e. The van der Waals surface area contributed by atoms with E-state index in [1.807, 2.05) is 0 Å². The van der Waals surface area contributed by atoms with Gasteiger partial charge in [0.05, 0.1) is 5.02 Å². The minimum absolute atomic E-state index is 0.0793. The first-order valence-electron chi connectivity index (χ1n) is 6.66. The lowest BCUT2D eigenvalue weighted by molar-refractivity contribution is 0.241. The maximum Gasteiger partial charge on any atom is 0.285 e. The third-order valence-electron chi connectivity index (χ3n) is 2.86. The molecule has 24 heavy (non-hydrogen) atoms. The number of amides is 1. The Hall–Kier alpha value is -1.41. The molecule has 9 heteroatoms. The van der Waals surface area contributed by atoms with E-state index in [-0.39, 0.29) is 20.2 Å². The van der Waals surface area contributed by atoms with Crippen LogP contribution in [0.3, 0.4) is 0 Å². The number of anilines is 1. The fraction of sp³-hybridized carbons (Fsp3) is 0.133. The second kappa shape index (κ2) is 7.65. The molecule has 0 fully saturated rings. The number of benzene rings is 2. The number of sulfonamides is 1. The molecule has 0 aliphatic carbocycles. The first-order valence-corrected chi connectivity index (χ1v) is 9.71. The van der Waals surface area contributed by atoms with Gasteiger partial charge in [0.1, 0.15) is 4.90 Å². The number of nitrogens with one attached hydrogen (secondary N) is 1. The number of thioether (sulfide) groups is 1. The highest BCUT2D eigenvalue weighted by Crippen LogP contribution is 2.28. The van der Waals surface area contributed by atoms with Crippen LogP contribution < -0.4 is 4.72 Å². The quantitative estimate of drug-likeness (QED) is 0.757. The van der Waals surface area contributed by atoms with Crippen LogP contribution in [0, 0.1) is 0 Å². The number of hydrogen-bond donors (Lipinski definition) is 1. The lowest BCUT2D eigenvalue weighted by Gasteiger charge is -2.11. The number of carbonyl (C=O) groups excluding carboxylic acids is 1. The molecule has 0 bridgehead atoms. The van der Waals surface area contributed by atoms with E-state index in [1.165, 1.54) is 23.1 Å². The summed E-state index contributed by atoms with van der Waals surface area (Å²) in [5.74, 6) is 0. The van der Waals surface area contributed by atoms with Crippen LogP contribution in [0.1, 0.15) is 0 Å². The predicted octanol–water partition coefficient (Wildman–Crippen LogP) is 4.57. The molecule has 128 valence electrons. The summed E-state index contributed by atoms with van der Waals surface area (Å²) in [5, 5.41) is 0.235. The van der Waals surface area contributed by atoms with Crippen molar-refractivity contribution < 1.29 is 13.2 Å². The fourth-order valence-electron chi connectivity index (χ4n) is 1.68. The minimum atomic E-state index is -3.86. The Labute approximate surface area is 155 Å². The summed E-state index contributed by atoms with van der Waals surface area (Å²) < 4.78 is 27.2. The van der Waals surface area contributed by atoms with E-state index >= 15 is 0 Å². The molecule has 2 aromatic carbocycles. The number of nitrogens with zero attached hydrogens (tertiary/aromatic N) is 1. The average molecular weight is 405 g/mol. The molecule has 0 spiro atoms. The van der Waals surface area contributed by atoms with Crippen molar-refractivity contribution in [1.29, 1.82) is 0 Å². The molecular formula is C15H14Cl2N2O3S2. The second-order valence-electron chi connectivity index (χ2n) is 4.97. The van der Waals surface area contributed by atoms with Crippen molar-refractivity contribution in [3.05, 3.63) is 52.5 Å². The molecule has 0 saturated carbocycles. The van der Waals surface area contributed by atoms with Gasteiger partial charge < -0.3 is 4.90 Å². The topological polar surface area (TPSA) is 66.5 Å². The van der Waals surface area contributed by atoms with Crippen LogP contribution in [-0.2, 0) is 10.0 Å². The Morgan fingerprint density at radius 1 is 1.08 bits per heavy atom. The molecule has 0 unspecified atom stereocenters. The van der Waals surface area contributed by atoms with E-state index in [4.69, 9.17) is 23.2 Å². The van der Waals surface area contributed by atoms with E-state index in [9.17, 15) is 13.2 Å². The number of carbonyl (C=O) groups is 1. The summed E-state index contributed by atoms with van der Waals surface area (Å²) >= 11 is 12.8. The molecule has 0 radical (unpaired) electrons. The zero-order valence-electron chi connectivity index (χ0n) is 12.8. The number of hydrogen-bond acceptors (Lipinski definition) is 4. The van der Waals surface area contributed by atoms with Crippen molar-refractivity contribution in [1.82, 2.24) is 4.90 Å². The van der Waals surface area contributed by atoms with Crippen molar-refractivity contribution >= 4 is 55.9 Å². The summed E-state index contributed by atoms with van der Waals surface area (Å²) in [6, 6.07) is 10.7. The average Bonchev–Trinajstić information content (AvgIpc) is 2.51. The lowest BCUT2D eigenvalue weighted by Crippen LogP contribution is -2.16. The standard InChI is InChI=1S/C15H14Cl2N2O3S2/c1-19(2)15(20)23-12-6-4-11(5-7-12)18-24(21,22)14-9-10(16)3-8-13(14)17/h3-9,18H,1-2H3. The van der Waals surface area contributed by atoms with Crippen LogP contribution in [0.15, 0.2) is 52.3 Å². The van der Waals surface area contributed by atoms with Crippen LogP contribution in [-0.4, -0.2) is 32.7 Å². The Bertz CT molecular complexity index is 854. The summed E-state index contributed by atoms with van der Waals surface area (Å²) in [5.41, 5.74) is 0.354. The van der Waals surface area contributed by atoms with Crippen LogP contribution in [0.25, 0.3) is 0 Å². The third-order valence-corrected chi connectivity index (χ3v) is 6.01. The van der Waals surface area contributed by atoms with Crippen molar-refractivity contribution in [2.24, 2.45) is 0 Å². The van der Waals surface area contributed by atoms with E-state index in [0.717, 1.165) is 11.8 Å². The van der Waals surface area contributed by atoms with Gasteiger partial charge in [-0.15, -0.1) is 0 Å². The van der Waals surface area contributed by atoms with E-state index in [2.05, 4.69) is 4.72 Å². The Balaban J connectivity index is 2.18. The molecule has 5 nitrogen and oxygen atoms in total. The van der Waals surface area contributed by atoms with E-state index in [1.54, 1.807) is 38.4 Å². The lowest BCUT2D eigenvalue weighted by atomic mass is 10.3. The Morgan fingerprint density at radius 2 is 1.71 bits per heavy atom. The monoisotopic (exact) mass is 404 g/mol. The molecule has 0 aliphatic heterocycles. The van der Waals surface area contributed by atoms with Crippen molar-refractivity contribution in [3.8, 4) is 0 Å². The van der Waals surface area contributed by atoms with Gasteiger partial charge >= 0.3 is 0 Å². The number of halogens is 2.